The van der Waals surface area contributed by atoms with Crippen LogP contribution in [0.2, 0.25) is 0 Å². The van der Waals surface area contributed by atoms with Gasteiger partial charge in [0.2, 0.25) is 0 Å². The van der Waals surface area contributed by atoms with E-state index in [2.05, 4.69) is 33.0 Å². The van der Waals surface area contributed by atoms with Crippen molar-refractivity contribution in [2.24, 2.45) is 0 Å². The number of rotatable bonds is 9. The monoisotopic (exact) mass is 424 g/mol. The van der Waals surface area contributed by atoms with E-state index in [0.29, 0.717) is 24.2 Å². The number of carbonyl (C=O) groups excluding carboxylic acids is 2. The molecule has 0 aliphatic carbocycles. The number of carbonyl (C=O) groups is 2. The van der Waals surface area contributed by atoms with Gasteiger partial charge in [-0.2, -0.15) is 0 Å². The molecule has 0 unspecified atom stereocenters. The van der Waals surface area contributed by atoms with E-state index in [1.54, 1.807) is 20.3 Å². The number of para-hydroxylation sites is 1. The van der Waals surface area contributed by atoms with E-state index in [0.717, 1.165) is 22.4 Å². The zero-order valence-electron chi connectivity index (χ0n) is 19.2. The molecule has 0 fully saturated rings. The summed E-state index contributed by atoms with van der Waals surface area (Å²) in [6.45, 7) is 9.23. The molecule has 1 heterocycles. The first-order valence-electron chi connectivity index (χ1n) is 10.7. The number of nitrogens with zero attached hydrogens (tertiary/aromatic N) is 1. The summed E-state index contributed by atoms with van der Waals surface area (Å²) in [7, 11) is 3.16. The van der Waals surface area contributed by atoms with Gasteiger partial charge in [0.15, 0.2) is 6.29 Å². The van der Waals surface area contributed by atoms with Gasteiger partial charge >= 0.3 is 0 Å². The Hall–Kier alpha value is -2.54. The Bertz CT molecular complexity index is 938. The summed E-state index contributed by atoms with van der Waals surface area (Å²) in [5.74, 6) is -0.163. The van der Waals surface area contributed by atoms with Gasteiger partial charge < -0.3 is 14.8 Å². The summed E-state index contributed by atoms with van der Waals surface area (Å²) in [5, 5.41) is 3.25. The maximum absolute atomic E-state index is 13.6. The van der Waals surface area contributed by atoms with Crippen molar-refractivity contribution >= 4 is 17.5 Å². The molecule has 6 nitrogen and oxygen atoms in total. The van der Waals surface area contributed by atoms with Crippen LogP contribution in [-0.4, -0.2) is 38.9 Å². The maximum Gasteiger partial charge on any atom is 0.266 e. The average molecular weight is 425 g/mol. The van der Waals surface area contributed by atoms with Crippen LogP contribution in [0.25, 0.3) is 0 Å². The minimum Gasteiger partial charge on any atom is -0.355 e. The molecule has 31 heavy (non-hydrogen) atoms. The van der Waals surface area contributed by atoms with Crippen LogP contribution in [0.15, 0.2) is 36.4 Å². The van der Waals surface area contributed by atoms with E-state index in [1.807, 2.05) is 30.3 Å². The van der Waals surface area contributed by atoms with Crippen LogP contribution in [0, 0.1) is 0 Å². The number of fused-ring (bicyclic) bond motifs is 1. The fourth-order valence-corrected chi connectivity index (χ4v) is 4.06. The molecule has 0 radical (unpaired) electrons. The fourth-order valence-electron chi connectivity index (χ4n) is 4.06. The predicted octanol–water partition coefficient (Wildman–Crippen LogP) is 4.44. The molecule has 0 bridgehead atoms. The molecule has 2 aromatic carbocycles. The number of ether oxygens (including phenoxy) is 2. The average Bonchev–Trinajstić information content (AvgIpc) is 3.01. The molecular formula is C25H32N2O4. The highest BCUT2D eigenvalue weighted by molar-refractivity contribution is 6.35. The standard InChI is InChI=1S/C25H32N2O4/c1-15(2)18-10-8-11-19(16(3)4)23(18)27-24(28)20-12-7-9-17(22(20)25(27)29)13-26-14-21(30-5)31-6/h7-12,15-16,21,26H,13-14H2,1-6H3. The molecule has 3 rings (SSSR count). The highest BCUT2D eigenvalue weighted by Gasteiger charge is 2.40. The van der Waals surface area contributed by atoms with Crippen LogP contribution in [0.1, 0.15) is 76.9 Å². The first kappa shape index (κ1) is 23.1. The summed E-state index contributed by atoms with van der Waals surface area (Å²) in [6, 6.07) is 11.5. The van der Waals surface area contributed by atoms with Gasteiger partial charge in [0, 0.05) is 27.3 Å². The smallest absolute Gasteiger partial charge is 0.266 e. The molecule has 166 valence electrons. The Balaban J connectivity index is 2.00. The van der Waals surface area contributed by atoms with Gasteiger partial charge in [-0.05, 0) is 34.6 Å². The van der Waals surface area contributed by atoms with Gasteiger partial charge in [0.25, 0.3) is 11.8 Å². The summed E-state index contributed by atoms with van der Waals surface area (Å²) in [4.78, 5) is 28.4. The Morgan fingerprint density at radius 1 is 0.871 bits per heavy atom. The van der Waals surface area contributed by atoms with E-state index in [9.17, 15) is 9.59 Å². The number of benzene rings is 2. The molecule has 0 spiro atoms. The van der Waals surface area contributed by atoms with Gasteiger partial charge in [0.1, 0.15) is 0 Å². The van der Waals surface area contributed by atoms with Crippen LogP contribution in [0.4, 0.5) is 5.69 Å². The molecule has 1 aliphatic heterocycles. The first-order chi connectivity index (χ1) is 14.8. The minimum atomic E-state index is -0.378. The second kappa shape index (κ2) is 9.73. The van der Waals surface area contributed by atoms with Gasteiger partial charge in [-0.1, -0.05) is 58.0 Å². The molecule has 0 aromatic heterocycles. The van der Waals surface area contributed by atoms with Crippen molar-refractivity contribution in [3.05, 3.63) is 64.2 Å². The lowest BCUT2D eigenvalue weighted by molar-refractivity contribution is -0.0989. The summed E-state index contributed by atoms with van der Waals surface area (Å²) in [6.07, 6.45) is -0.378. The third-order valence-corrected chi connectivity index (χ3v) is 5.72. The third-order valence-electron chi connectivity index (χ3n) is 5.72. The fraction of sp³-hybridized carbons (Fsp3) is 0.440. The second-order valence-corrected chi connectivity index (χ2v) is 8.41. The van der Waals surface area contributed by atoms with Crippen molar-refractivity contribution in [1.29, 1.82) is 0 Å². The SMILES string of the molecule is COC(CNCc1cccc2c1C(=O)N(c1c(C(C)C)cccc1C(C)C)C2=O)OC. The molecule has 2 amide bonds. The number of hydrogen-bond donors (Lipinski definition) is 1. The maximum atomic E-state index is 13.6. The van der Waals surface area contributed by atoms with Crippen molar-refractivity contribution in [3.8, 4) is 0 Å². The molecule has 0 saturated carbocycles. The molecule has 0 atom stereocenters. The molecule has 2 aromatic rings. The second-order valence-electron chi connectivity index (χ2n) is 8.41. The van der Waals surface area contributed by atoms with Gasteiger partial charge in [-0.15, -0.1) is 0 Å². The normalized spacial score (nSPS) is 13.8. The predicted molar refractivity (Wildman–Crippen MR) is 122 cm³/mol. The largest absolute Gasteiger partial charge is 0.355 e. The number of nitrogens with one attached hydrogen (secondary N) is 1. The Kier molecular flexibility index (Phi) is 7.26. The van der Waals surface area contributed by atoms with Crippen LogP contribution in [-0.2, 0) is 16.0 Å². The zero-order chi connectivity index (χ0) is 22.7. The highest BCUT2D eigenvalue weighted by atomic mass is 16.7. The van der Waals surface area contributed by atoms with E-state index >= 15 is 0 Å². The number of methoxy groups -OCH3 is 2. The quantitative estimate of drug-likeness (QED) is 0.476. The van der Waals surface area contributed by atoms with Crippen molar-refractivity contribution in [2.45, 2.75) is 52.4 Å². The number of anilines is 1. The van der Waals surface area contributed by atoms with Crippen LogP contribution in [0.5, 0.6) is 0 Å². The molecular weight excluding hydrogens is 392 g/mol. The van der Waals surface area contributed by atoms with Gasteiger partial charge in [0.05, 0.1) is 16.8 Å². The summed E-state index contributed by atoms with van der Waals surface area (Å²) < 4.78 is 10.4. The number of imide groups is 1. The van der Waals surface area contributed by atoms with Crippen molar-refractivity contribution in [2.75, 3.05) is 25.7 Å². The highest BCUT2D eigenvalue weighted by Crippen LogP contribution is 2.40. The lowest BCUT2D eigenvalue weighted by Crippen LogP contribution is -2.32. The Morgan fingerprint density at radius 3 is 2.00 bits per heavy atom. The Morgan fingerprint density at radius 2 is 1.45 bits per heavy atom. The van der Waals surface area contributed by atoms with Crippen LogP contribution < -0.4 is 10.2 Å². The molecule has 1 aliphatic rings. The zero-order valence-corrected chi connectivity index (χ0v) is 19.2. The molecule has 6 heteroatoms. The first-order valence-corrected chi connectivity index (χ1v) is 10.7. The Labute approximate surface area is 184 Å². The minimum absolute atomic E-state index is 0.180. The van der Waals surface area contributed by atoms with Crippen LogP contribution in [0.3, 0.4) is 0 Å². The van der Waals surface area contributed by atoms with E-state index in [1.165, 1.54) is 4.90 Å². The lowest BCUT2D eigenvalue weighted by Gasteiger charge is -2.25. The van der Waals surface area contributed by atoms with Gasteiger partial charge in [-0.25, -0.2) is 4.90 Å². The summed E-state index contributed by atoms with van der Waals surface area (Å²) in [5.41, 5.74) is 4.45. The number of amides is 2. The van der Waals surface area contributed by atoms with Crippen molar-refractivity contribution in [3.63, 3.8) is 0 Å². The lowest BCUT2D eigenvalue weighted by atomic mass is 9.92. The van der Waals surface area contributed by atoms with E-state index in [-0.39, 0.29) is 29.9 Å². The number of hydrogen-bond acceptors (Lipinski definition) is 5. The van der Waals surface area contributed by atoms with E-state index < -0.39 is 0 Å². The third kappa shape index (κ3) is 4.42. The summed E-state index contributed by atoms with van der Waals surface area (Å²) >= 11 is 0. The van der Waals surface area contributed by atoms with Crippen molar-refractivity contribution < 1.29 is 19.1 Å². The van der Waals surface area contributed by atoms with Crippen molar-refractivity contribution in [1.82, 2.24) is 5.32 Å². The molecule has 0 saturated heterocycles. The molecule has 1 N–H and O–H groups in total. The van der Waals surface area contributed by atoms with Crippen LogP contribution >= 0.6 is 0 Å². The van der Waals surface area contributed by atoms with Gasteiger partial charge in [-0.3, -0.25) is 9.59 Å². The van der Waals surface area contributed by atoms with E-state index in [4.69, 9.17) is 9.47 Å². The topological polar surface area (TPSA) is 67.9 Å².